The minimum Gasteiger partial charge on any atom is -0.356 e. The summed E-state index contributed by atoms with van der Waals surface area (Å²) in [6, 6.07) is 4.13. The van der Waals surface area contributed by atoms with Crippen molar-refractivity contribution in [3.63, 3.8) is 0 Å². The van der Waals surface area contributed by atoms with Gasteiger partial charge in [-0.05, 0) is 24.0 Å². The van der Waals surface area contributed by atoms with E-state index < -0.39 is 0 Å². The van der Waals surface area contributed by atoms with Crippen LogP contribution in [0.15, 0.2) is 18.3 Å². The van der Waals surface area contributed by atoms with Crippen LogP contribution in [0.1, 0.15) is 18.9 Å². The van der Waals surface area contributed by atoms with E-state index in [0.717, 1.165) is 30.4 Å². The van der Waals surface area contributed by atoms with Crippen LogP contribution in [0.2, 0.25) is 0 Å². The second kappa shape index (κ2) is 3.96. The van der Waals surface area contributed by atoms with Crippen molar-refractivity contribution in [3.8, 4) is 0 Å². The van der Waals surface area contributed by atoms with Gasteiger partial charge < -0.3 is 10.6 Å². The summed E-state index contributed by atoms with van der Waals surface area (Å²) in [7, 11) is 0. The molecule has 14 heavy (non-hydrogen) atoms. The average Bonchev–Trinajstić information content (AvgIpc) is 2.65. The number of nitrogens with two attached hydrogens (primary N) is 1. The van der Waals surface area contributed by atoms with Crippen LogP contribution in [0.25, 0.3) is 0 Å². The maximum absolute atomic E-state index is 5.52. The molecule has 1 atom stereocenters. The number of aromatic nitrogens is 1. The molecule has 1 aromatic heterocycles. The first kappa shape index (κ1) is 9.46. The van der Waals surface area contributed by atoms with Crippen molar-refractivity contribution in [1.29, 1.82) is 0 Å². The van der Waals surface area contributed by atoms with E-state index in [0.29, 0.717) is 6.54 Å². The van der Waals surface area contributed by atoms with Crippen LogP contribution in [-0.2, 0) is 6.54 Å². The average molecular weight is 191 g/mol. The van der Waals surface area contributed by atoms with Crippen molar-refractivity contribution in [2.75, 3.05) is 18.0 Å². The Hall–Kier alpha value is -1.09. The van der Waals surface area contributed by atoms with Gasteiger partial charge in [0.05, 0.1) is 0 Å². The molecule has 2 rings (SSSR count). The Kier molecular flexibility index (Phi) is 2.68. The first-order chi connectivity index (χ1) is 6.79. The van der Waals surface area contributed by atoms with Gasteiger partial charge in [0.1, 0.15) is 5.82 Å². The third-order valence-electron chi connectivity index (χ3n) is 2.79. The first-order valence-corrected chi connectivity index (χ1v) is 5.19. The van der Waals surface area contributed by atoms with Crippen LogP contribution >= 0.6 is 0 Å². The normalized spacial score (nSPS) is 21.6. The third kappa shape index (κ3) is 1.87. The standard InChI is InChI=1S/C11H17N3/c1-9-4-5-14(8-9)11-3-2-10(6-12)7-13-11/h2-3,7,9H,4-6,8,12H2,1H3. The van der Waals surface area contributed by atoms with Crippen molar-refractivity contribution < 1.29 is 0 Å². The molecule has 0 aliphatic carbocycles. The summed E-state index contributed by atoms with van der Waals surface area (Å²) in [5.41, 5.74) is 6.62. The quantitative estimate of drug-likeness (QED) is 0.768. The van der Waals surface area contributed by atoms with E-state index in [-0.39, 0.29) is 0 Å². The maximum atomic E-state index is 5.52. The van der Waals surface area contributed by atoms with Gasteiger partial charge in [-0.25, -0.2) is 4.98 Å². The van der Waals surface area contributed by atoms with Gasteiger partial charge in [0.25, 0.3) is 0 Å². The van der Waals surface area contributed by atoms with Gasteiger partial charge >= 0.3 is 0 Å². The molecule has 1 aliphatic heterocycles. The predicted molar refractivity (Wildman–Crippen MR) is 58.1 cm³/mol. The lowest BCUT2D eigenvalue weighted by molar-refractivity contribution is 0.659. The zero-order valence-electron chi connectivity index (χ0n) is 8.61. The summed E-state index contributed by atoms with van der Waals surface area (Å²) in [6.45, 7) is 5.13. The molecule has 0 amide bonds. The van der Waals surface area contributed by atoms with Gasteiger partial charge in [-0.15, -0.1) is 0 Å². The largest absolute Gasteiger partial charge is 0.356 e. The number of pyridine rings is 1. The summed E-state index contributed by atoms with van der Waals surface area (Å²) in [5.74, 6) is 1.89. The molecule has 0 spiro atoms. The van der Waals surface area contributed by atoms with Gasteiger partial charge in [-0.1, -0.05) is 13.0 Å². The Morgan fingerprint density at radius 1 is 1.57 bits per heavy atom. The van der Waals surface area contributed by atoms with Crippen molar-refractivity contribution >= 4 is 5.82 Å². The molecule has 0 radical (unpaired) electrons. The van der Waals surface area contributed by atoms with E-state index in [1.54, 1.807) is 0 Å². The molecule has 2 N–H and O–H groups in total. The number of nitrogens with zero attached hydrogens (tertiary/aromatic N) is 2. The molecular formula is C11H17N3. The summed E-state index contributed by atoms with van der Waals surface area (Å²) in [5, 5.41) is 0. The highest BCUT2D eigenvalue weighted by molar-refractivity contribution is 5.40. The van der Waals surface area contributed by atoms with Crippen molar-refractivity contribution in [2.24, 2.45) is 11.7 Å². The second-order valence-electron chi connectivity index (χ2n) is 4.07. The monoisotopic (exact) mass is 191 g/mol. The Bertz CT molecular complexity index is 294. The molecule has 0 aromatic carbocycles. The van der Waals surface area contributed by atoms with Gasteiger partial charge in [0.15, 0.2) is 0 Å². The highest BCUT2D eigenvalue weighted by Gasteiger charge is 2.19. The van der Waals surface area contributed by atoms with Crippen LogP contribution < -0.4 is 10.6 Å². The van der Waals surface area contributed by atoms with E-state index in [2.05, 4.69) is 28.9 Å². The molecule has 0 bridgehead atoms. The number of anilines is 1. The van der Waals surface area contributed by atoms with Crippen LogP contribution in [-0.4, -0.2) is 18.1 Å². The molecule has 1 fully saturated rings. The second-order valence-corrected chi connectivity index (χ2v) is 4.07. The SMILES string of the molecule is CC1CCN(c2ccc(CN)cn2)C1. The molecular weight excluding hydrogens is 174 g/mol. The van der Waals surface area contributed by atoms with Crippen molar-refractivity contribution in [2.45, 2.75) is 19.9 Å². The Labute approximate surface area is 84.9 Å². The lowest BCUT2D eigenvalue weighted by Gasteiger charge is -2.16. The van der Waals surface area contributed by atoms with E-state index in [4.69, 9.17) is 5.73 Å². The molecule has 3 nitrogen and oxygen atoms in total. The van der Waals surface area contributed by atoms with E-state index in [1.165, 1.54) is 6.42 Å². The van der Waals surface area contributed by atoms with Gasteiger partial charge in [0, 0.05) is 25.8 Å². The Morgan fingerprint density at radius 2 is 2.43 bits per heavy atom. The molecule has 2 heterocycles. The number of rotatable bonds is 2. The highest BCUT2D eigenvalue weighted by Crippen LogP contribution is 2.21. The highest BCUT2D eigenvalue weighted by atomic mass is 15.2. The predicted octanol–water partition coefficient (Wildman–Crippen LogP) is 1.39. The number of hydrogen-bond donors (Lipinski definition) is 1. The van der Waals surface area contributed by atoms with Crippen LogP contribution in [0, 0.1) is 5.92 Å². The zero-order chi connectivity index (χ0) is 9.97. The molecule has 1 unspecified atom stereocenters. The van der Waals surface area contributed by atoms with Gasteiger partial charge in [0.2, 0.25) is 0 Å². The maximum Gasteiger partial charge on any atom is 0.128 e. The molecule has 0 saturated carbocycles. The summed E-state index contributed by atoms with van der Waals surface area (Å²) in [4.78, 5) is 6.75. The van der Waals surface area contributed by atoms with E-state index in [9.17, 15) is 0 Å². The summed E-state index contributed by atoms with van der Waals surface area (Å²) in [6.07, 6.45) is 3.15. The fourth-order valence-electron chi connectivity index (χ4n) is 1.87. The van der Waals surface area contributed by atoms with Gasteiger partial charge in [-0.2, -0.15) is 0 Å². The Morgan fingerprint density at radius 3 is 2.93 bits per heavy atom. The van der Waals surface area contributed by atoms with Crippen molar-refractivity contribution in [3.05, 3.63) is 23.9 Å². The lowest BCUT2D eigenvalue weighted by atomic mass is 10.2. The lowest BCUT2D eigenvalue weighted by Crippen LogP contribution is -2.20. The summed E-state index contributed by atoms with van der Waals surface area (Å²) < 4.78 is 0. The van der Waals surface area contributed by atoms with Crippen LogP contribution in [0.3, 0.4) is 0 Å². The fraction of sp³-hybridized carbons (Fsp3) is 0.545. The van der Waals surface area contributed by atoms with Crippen molar-refractivity contribution in [1.82, 2.24) is 4.98 Å². The molecule has 3 heteroatoms. The first-order valence-electron chi connectivity index (χ1n) is 5.19. The smallest absolute Gasteiger partial charge is 0.128 e. The topological polar surface area (TPSA) is 42.1 Å². The molecule has 1 saturated heterocycles. The Balaban J connectivity index is 2.09. The third-order valence-corrected chi connectivity index (χ3v) is 2.79. The van der Waals surface area contributed by atoms with E-state index in [1.807, 2.05) is 6.20 Å². The van der Waals surface area contributed by atoms with Crippen LogP contribution in [0.5, 0.6) is 0 Å². The minimum absolute atomic E-state index is 0.573. The van der Waals surface area contributed by atoms with Gasteiger partial charge in [-0.3, -0.25) is 0 Å². The molecule has 76 valence electrons. The van der Waals surface area contributed by atoms with E-state index >= 15 is 0 Å². The fourth-order valence-corrected chi connectivity index (χ4v) is 1.87. The number of hydrogen-bond acceptors (Lipinski definition) is 3. The summed E-state index contributed by atoms with van der Waals surface area (Å²) >= 11 is 0. The molecule has 1 aliphatic rings. The van der Waals surface area contributed by atoms with Crippen LogP contribution in [0.4, 0.5) is 5.82 Å². The molecule has 1 aromatic rings. The minimum atomic E-state index is 0.573. The zero-order valence-corrected chi connectivity index (χ0v) is 8.61.